The Hall–Kier alpha value is -0.810. The van der Waals surface area contributed by atoms with Crippen molar-refractivity contribution in [1.82, 2.24) is 10.2 Å². The third kappa shape index (κ3) is 3.39. The first-order valence-corrected chi connectivity index (χ1v) is 7.16. The van der Waals surface area contributed by atoms with Crippen molar-refractivity contribution in [2.24, 2.45) is 5.41 Å². The van der Waals surface area contributed by atoms with Gasteiger partial charge in [0.15, 0.2) is 0 Å². The number of aliphatic hydroxyl groups excluding tert-OH is 1. The molecule has 2 heterocycles. The fourth-order valence-electron chi connectivity index (χ4n) is 3.18. The van der Waals surface area contributed by atoms with Crippen LogP contribution < -0.4 is 5.32 Å². The quantitative estimate of drug-likeness (QED) is 0.755. The van der Waals surface area contributed by atoms with E-state index >= 15 is 0 Å². The normalized spacial score (nSPS) is 26.7. The van der Waals surface area contributed by atoms with Gasteiger partial charge in [0.05, 0.1) is 12.6 Å². The number of nitrogens with one attached hydrogen (secondary N) is 1. The summed E-state index contributed by atoms with van der Waals surface area (Å²) in [6.45, 7) is 8.35. The van der Waals surface area contributed by atoms with Gasteiger partial charge in [0.1, 0.15) is 5.60 Å². The van der Waals surface area contributed by atoms with Crippen molar-refractivity contribution in [3.63, 3.8) is 0 Å². The summed E-state index contributed by atoms with van der Waals surface area (Å²) in [4.78, 5) is 14.0. The van der Waals surface area contributed by atoms with Crippen LogP contribution in [0.5, 0.6) is 0 Å². The van der Waals surface area contributed by atoms with Crippen LogP contribution in [0.2, 0.25) is 0 Å². The highest BCUT2D eigenvalue weighted by molar-refractivity contribution is 5.69. The molecule has 1 amide bonds. The van der Waals surface area contributed by atoms with Crippen LogP contribution in [0.3, 0.4) is 0 Å². The zero-order valence-corrected chi connectivity index (χ0v) is 12.2. The van der Waals surface area contributed by atoms with Crippen LogP contribution in [0, 0.1) is 5.41 Å². The average molecular weight is 270 g/mol. The molecule has 19 heavy (non-hydrogen) atoms. The van der Waals surface area contributed by atoms with E-state index in [-0.39, 0.29) is 24.2 Å². The Balaban J connectivity index is 2.05. The highest BCUT2D eigenvalue weighted by atomic mass is 16.6. The maximum Gasteiger partial charge on any atom is 0.410 e. The number of carbonyl (C=O) groups is 1. The van der Waals surface area contributed by atoms with Gasteiger partial charge in [-0.25, -0.2) is 4.79 Å². The molecule has 1 atom stereocenters. The summed E-state index contributed by atoms with van der Waals surface area (Å²) >= 11 is 0. The van der Waals surface area contributed by atoms with E-state index in [0.717, 1.165) is 38.9 Å². The van der Waals surface area contributed by atoms with E-state index in [9.17, 15) is 9.90 Å². The first-order valence-electron chi connectivity index (χ1n) is 7.16. The van der Waals surface area contributed by atoms with Gasteiger partial charge in [0.25, 0.3) is 0 Å². The molecule has 0 aromatic heterocycles. The Morgan fingerprint density at radius 2 is 2.05 bits per heavy atom. The maximum atomic E-state index is 12.2. The standard InChI is InChI=1S/C14H26N2O3/c1-13(2,3)19-12(18)16-10-14(8-11(16)9-17)4-6-15-7-5-14/h11,15,17H,4-10H2,1-3H3/t11-/m1/s1. The van der Waals surface area contributed by atoms with Gasteiger partial charge in [-0.2, -0.15) is 0 Å². The summed E-state index contributed by atoms with van der Waals surface area (Å²) in [6.07, 6.45) is 2.75. The Kier molecular flexibility index (Phi) is 4.06. The molecule has 2 saturated heterocycles. The minimum absolute atomic E-state index is 0.0222. The Bertz CT molecular complexity index is 332. The molecule has 2 aliphatic heterocycles. The number of hydrogen-bond donors (Lipinski definition) is 2. The van der Waals surface area contributed by atoms with E-state index in [1.807, 2.05) is 20.8 Å². The molecule has 1 spiro atoms. The fourth-order valence-corrected chi connectivity index (χ4v) is 3.18. The second-order valence-corrected chi connectivity index (χ2v) is 6.90. The Labute approximate surface area is 115 Å². The molecule has 0 radical (unpaired) electrons. The van der Waals surface area contributed by atoms with Crippen molar-refractivity contribution >= 4 is 6.09 Å². The number of nitrogens with zero attached hydrogens (tertiary/aromatic N) is 1. The maximum absolute atomic E-state index is 12.2. The van der Waals surface area contributed by atoms with Gasteiger partial charge in [-0.15, -0.1) is 0 Å². The van der Waals surface area contributed by atoms with Gasteiger partial charge >= 0.3 is 6.09 Å². The number of aliphatic hydroxyl groups is 1. The van der Waals surface area contributed by atoms with Gasteiger partial charge < -0.3 is 20.1 Å². The number of carbonyl (C=O) groups excluding carboxylic acids is 1. The van der Waals surface area contributed by atoms with Crippen molar-refractivity contribution in [1.29, 1.82) is 0 Å². The second-order valence-electron chi connectivity index (χ2n) is 6.90. The largest absolute Gasteiger partial charge is 0.444 e. The van der Waals surface area contributed by atoms with Crippen LogP contribution in [0.4, 0.5) is 4.79 Å². The topological polar surface area (TPSA) is 61.8 Å². The number of ether oxygens (including phenoxy) is 1. The van der Waals surface area contributed by atoms with Crippen LogP contribution in [0.25, 0.3) is 0 Å². The van der Waals surface area contributed by atoms with E-state index < -0.39 is 5.60 Å². The van der Waals surface area contributed by atoms with Gasteiger partial charge in [0.2, 0.25) is 0 Å². The molecule has 2 aliphatic rings. The van der Waals surface area contributed by atoms with Crippen molar-refractivity contribution in [3.05, 3.63) is 0 Å². The molecular weight excluding hydrogens is 244 g/mol. The minimum Gasteiger partial charge on any atom is -0.444 e. The summed E-state index contributed by atoms with van der Waals surface area (Å²) < 4.78 is 5.45. The summed E-state index contributed by atoms with van der Waals surface area (Å²) in [7, 11) is 0. The molecule has 5 heteroatoms. The molecule has 5 nitrogen and oxygen atoms in total. The van der Waals surface area contributed by atoms with Crippen LogP contribution in [0.1, 0.15) is 40.0 Å². The number of hydrogen-bond acceptors (Lipinski definition) is 4. The van der Waals surface area contributed by atoms with Crippen LogP contribution in [-0.2, 0) is 4.74 Å². The predicted octanol–water partition coefficient (Wildman–Crippen LogP) is 1.36. The fraction of sp³-hybridized carbons (Fsp3) is 0.929. The Morgan fingerprint density at radius 3 is 2.58 bits per heavy atom. The van der Waals surface area contributed by atoms with E-state index in [2.05, 4.69) is 5.32 Å². The van der Waals surface area contributed by atoms with Crippen LogP contribution >= 0.6 is 0 Å². The molecule has 0 aromatic carbocycles. The molecule has 2 rings (SSSR count). The van der Waals surface area contributed by atoms with E-state index in [1.165, 1.54) is 0 Å². The van der Waals surface area contributed by atoms with Gasteiger partial charge in [-0.3, -0.25) is 0 Å². The minimum atomic E-state index is -0.485. The van der Waals surface area contributed by atoms with E-state index in [4.69, 9.17) is 4.74 Å². The number of rotatable bonds is 1. The third-order valence-electron chi connectivity index (χ3n) is 4.12. The van der Waals surface area contributed by atoms with Crippen LogP contribution in [-0.4, -0.2) is 54.0 Å². The van der Waals surface area contributed by atoms with Gasteiger partial charge in [-0.1, -0.05) is 0 Å². The molecule has 110 valence electrons. The molecule has 0 bridgehead atoms. The highest BCUT2D eigenvalue weighted by Crippen LogP contribution is 2.42. The first kappa shape index (κ1) is 14.6. The SMILES string of the molecule is CC(C)(C)OC(=O)N1CC2(CCNCC2)C[C@@H]1CO. The lowest BCUT2D eigenvalue weighted by atomic mass is 9.77. The van der Waals surface area contributed by atoms with Crippen molar-refractivity contribution in [3.8, 4) is 0 Å². The molecule has 0 aliphatic carbocycles. The van der Waals surface area contributed by atoms with Gasteiger partial charge in [0, 0.05) is 6.54 Å². The summed E-state index contributed by atoms with van der Waals surface area (Å²) in [5, 5.41) is 12.9. The van der Waals surface area contributed by atoms with E-state index in [1.54, 1.807) is 4.90 Å². The lowest BCUT2D eigenvalue weighted by molar-refractivity contribution is 0.0159. The van der Waals surface area contributed by atoms with Crippen LogP contribution in [0.15, 0.2) is 0 Å². The highest BCUT2D eigenvalue weighted by Gasteiger charge is 2.46. The zero-order chi connectivity index (χ0) is 14.1. The molecule has 0 unspecified atom stereocenters. The summed E-state index contributed by atoms with van der Waals surface area (Å²) in [5.41, 5.74) is -0.309. The Morgan fingerprint density at radius 1 is 1.42 bits per heavy atom. The van der Waals surface area contributed by atoms with Gasteiger partial charge in [-0.05, 0) is 58.5 Å². The molecule has 2 fully saturated rings. The number of amides is 1. The van der Waals surface area contributed by atoms with Crippen molar-refractivity contribution in [2.75, 3.05) is 26.2 Å². The van der Waals surface area contributed by atoms with Crippen molar-refractivity contribution < 1.29 is 14.6 Å². The molecule has 0 saturated carbocycles. The molecule has 2 N–H and O–H groups in total. The predicted molar refractivity (Wildman–Crippen MR) is 73.0 cm³/mol. The lowest BCUT2D eigenvalue weighted by Gasteiger charge is -2.33. The van der Waals surface area contributed by atoms with Crippen molar-refractivity contribution in [2.45, 2.75) is 51.7 Å². The third-order valence-corrected chi connectivity index (χ3v) is 4.12. The summed E-state index contributed by atoms with van der Waals surface area (Å²) in [5.74, 6) is 0. The first-order chi connectivity index (χ1) is 8.85. The zero-order valence-electron chi connectivity index (χ0n) is 12.2. The summed E-state index contributed by atoms with van der Waals surface area (Å²) in [6, 6.07) is -0.0899. The monoisotopic (exact) mass is 270 g/mol. The molecule has 0 aromatic rings. The second kappa shape index (κ2) is 5.29. The number of likely N-dealkylation sites (tertiary alicyclic amines) is 1. The smallest absolute Gasteiger partial charge is 0.410 e. The molecular formula is C14H26N2O3. The number of piperidine rings is 1. The van der Waals surface area contributed by atoms with E-state index in [0.29, 0.717) is 0 Å². The lowest BCUT2D eigenvalue weighted by Crippen LogP contribution is -2.43. The average Bonchev–Trinajstić information content (AvgIpc) is 2.67.